The molecule has 1 heterocycles. The Bertz CT molecular complexity index is 1010. The standard InChI is InChI=1S/C18H14N2O4/c1-10(21)6-7-11-8-9-14(24-2)17-15(11)19-13-5-3-4-12(18(22)23)16(13)20-17/h3-9H,1-2H3,(H,22,23)/b7-6+. The molecule has 0 atom stereocenters. The van der Waals surface area contributed by atoms with Gasteiger partial charge in [-0.15, -0.1) is 0 Å². The minimum atomic E-state index is -1.07. The molecule has 3 aromatic rings. The van der Waals surface area contributed by atoms with Gasteiger partial charge in [0.1, 0.15) is 22.3 Å². The van der Waals surface area contributed by atoms with Crippen molar-refractivity contribution in [2.24, 2.45) is 0 Å². The third-order valence-corrected chi connectivity index (χ3v) is 3.56. The van der Waals surface area contributed by atoms with E-state index in [-0.39, 0.29) is 11.3 Å². The molecule has 0 radical (unpaired) electrons. The van der Waals surface area contributed by atoms with Crippen molar-refractivity contribution in [2.45, 2.75) is 6.92 Å². The molecule has 0 aliphatic rings. The second kappa shape index (κ2) is 6.08. The van der Waals surface area contributed by atoms with Crippen LogP contribution in [0.15, 0.2) is 36.4 Å². The van der Waals surface area contributed by atoms with Gasteiger partial charge in [-0.3, -0.25) is 4.79 Å². The first-order chi connectivity index (χ1) is 11.5. The number of ether oxygens (including phenoxy) is 1. The summed E-state index contributed by atoms with van der Waals surface area (Å²) in [5.74, 6) is -0.665. The van der Waals surface area contributed by atoms with E-state index >= 15 is 0 Å². The number of nitrogens with zero attached hydrogens (tertiary/aromatic N) is 2. The Morgan fingerprint density at radius 2 is 1.88 bits per heavy atom. The molecule has 6 nitrogen and oxygen atoms in total. The number of methoxy groups -OCH3 is 1. The smallest absolute Gasteiger partial charge is 0.337 e. The second-order valence-corrected chi connectivity index (χ2v) is 5.20. The molecule has 0 unspecified atom stereocenters. The van der Waals surface area contributed by atoms with Gasteiger partial charge in [0.25, 0.3) is 0 Å². The van der Waals surface area contributed by atoms with Crippen molar-refractivity contribution in [1.29, 1.82) is 0 Å². The van der Waals surface area contributed by atoms with Gasteiger partial charge in [0.05, 0.1) is 18.2 Å². The number of carbonyl (C=O) groups excluding carboxylic acids is 1. The summed E-state index contributed by atoms with van der Waals surface area (Å²) in [6, 6.07) is 8.30. The fourth-order valence-corrected chi connectivity index (χ4v) is 2.45. The van der Waals surface area contributed by atoms with Crippen molar-refractivity contribution < 1.29 is 19.4 Å². The first kappa shape index (κ1) is 15.6. The van der Waals surface area contributed by atoms with Crippen LogP contribution in [0.2, 0.25) is 0 Å². The predicted molar refractivity (Wildman–Crippen MR) is 90.3 cm³/mol. The van der Waals surface area contributed by atoms with Gasteiger partial charge >= 0.3 is 5.97 Å². The molecule has 0 amide bonds. The maximum atomic E-state index is 11.4. The zero-order valence-electron chi connectivity index (χ0n) is 13.1. The van der Waals surface area contributed by atoms with E-state index in [1.807, 2.05) is 0 Å². The van der Waals surface area contributed by atoms with Gasteiger partial charge in [-0.2, -0.15) is 0 Å². The Labute approximate surface area is 137 Å². The molecular formula is C18H14N2O4. The van der Waals surface area contributed by atoms with E-state index in [9.17, 15) is 14.7 Å². The summed E-state index contributed by atoms with van der Waals surface area (Å²) in [6.07, 6.45) is 3.10. The first-order valence-corrected chi connectivity index (χ1v) is 7.20. The molecule has 120 valence electrons. The van der Waals surface area contributed by atoms with Crippen LogP contribution in [0.5, 0.6) is 5.75 Å². The van der Waals surface area contributed by atoms with Crippen molar-refractivity contribution in [3.63, 3.8) is 0 Å². The third kappa shape index (κ3) is 2.69. The minimum Gasteiger partial charge on any atom is -0.494 e. The molecule has 24 heavy (non-hydrogen) atoms. The lowest BCUT2D eigenvalue weighted by atomic mass is 10.1. The Morgan fingerprint density at radius 3 is 2.54 bits per heavy atom. The number of carboxylic acid groups (broad SMARTS) is 1. The highest BCUT2D eigenvalue weighted by atomic mass is 16.5. The van der Waals surface area contributed by atoms with E-state index in [2.05, 4.69) is 9.97 Å². The van der Waals surface area contributed by atoms with Crippen molar-refractivity contribution in [3.05, 3.63) is 47.5 Å². The van der Waals surface area contributed by atoms with E-state index in [1.165, 1.54) is 26.2 Å². The van der Waals surface area contributed by atoms with Crippen LogP contribution >= 0.6 is 0 Å². The summed E-state index contributed by atoms with van der Waals surface area (Å²) in [5, 5.41) is 9.33. The number of fused-ring (bicyclic) bond motifs is 2. The molecule has 6 heteroatoms. The average Bonchev–Trinajstić information content (AvgIpc) is 2.57. The fourth-order valence-electron chi connectivity index (χ4n) is 2.45. The molecule has 0 bridgehead atoms. The number of aromatic carboxylic acids is 1. The van der Waals surface area contributed by atoms with E-state index < -0.39 is 5.97 Å². The molecule has 0 saturated heterocycles. The number of benzene rings is 2. The SMILES string of the molecule is COc1ccc(/C=C/C(C)=O)c2nc3cccc(C(=O)O)c3nc12. The molecule has 3 rings (SSSR count). The summed E-state index contributed by atoms with van der Waals surface area (Å²) in [5.41, 5.74) is 2.53. The molecule has 0 saturated carbocycles. The predicted octanol–water partition coefficient (Wildman–Crippen LogP) is 3.09. The van der Waals surface area contributed by atoms with E-state index in [4.69, 9.17) is 4.74 Å². The van der Waals surface area contributed by atoms with Crippen LogP contribution in [0, 0.1) is 0 Å². The largest absolute Gasteiger partial charge is 0.494 e. The molecular weight excluding hydrogens is 308 g/mol. The number of rotatable bonds is 4. The van der Waals surface area contributed by atoms with Crippen LogP contribution in [-0.4, -0.2) is 33.9 Å². The molecule has 1 N–H and O–H groups in total. The fraction of sp³-hybridized carbons (Fsp3) is 0.111. The van der Waals surface area contributed by atoms with Crippen LogP contribution in [0.4, 0.5) is 0 Å². The zero-order chi connectivity index (χ0) is 17.3. The van der Waals surface area contributed by atoms with Crippen LogP contribution in [0.3, 0.4) is 0 Å². The van der Waals surface area contributed by atoms with Gasteiger partial charge < -0.3 is 9.84 Å². The topological polar surface area (TPSA) is 89.4 Å². The maximum absolute atomic E-state index is 11.4. The summed E-state index contributed by atoms with van der Waals surface area (Å²) in [7, 11) is 1.51. The van der Waals surface area contributed by atoms with E-state index in [1.54, 1.807) is 30.3 Å². The van der Waals surface area contributed by atoms with Crippen LogP contribution < -0.4 is 4.74 Å². The molecule has 0 aliphatic heterocycles. The van der Waals surface area contributed by atoms with Crippen LogP contribution in [0.25, 0.3) is 28.1 Å². The number of aromatic nitrogens is 2. The van der Waals surface area contributed by atoms with Gasteiger partial charge in [0.15, 0.2) is 5.78 Å². The number of para-hydroxylation sites is 1. The highest BCUT2D eigenvalue weighted by Crippen LogP contribution is 2.29. The molecule has 1 aromatic heterocycles. The highest BCUT2D eigenvalue weighted by molar-refractivity contribution is 6.04. The summed E-state index contributed by atoms with van der Waals surface area (Å²) >= 11 is 0. The quantitative estimate of drug-likeness (QED) is 0.586. The van der Waals surface area contributed by atoms with Gasteiger partial charge in [-0.25, -0.2) is 14.8 Å². The van der Waals surface area contributed by atoms with E-state index in [0.29, 0.717) is 33.4 Å². The number of hydrogen-bond donors (Lipinski definition) is 1. The zero-order valence-corrected chi connectivity index (χ0v) is 13.1. The molecule has 0 fully saturated rings. The molecule has 2 aromatic carbocycles. The first-order valence-electron chi connectivity index (χ1n) is 7.20. The number of hydrogen-bond acceptors (Lipinski definition) is 5. The Kier molecular flexibility index (Phi) is 3.95. The summed E-state index contributed by atoms with van der Waals surface area (Å²) < 4.78 is 5.32. The van der Waals surface area contributed by atoms with Gasteiger partial charge in [0, 0.05) is 5.56 Å². The normalized spacial score (nSPS) is 11.2. The number of allylic oxidation sites excluding steroid dienone is 1. The number of carbonyl (C=O) groups is 2. The van der Waals surface area contributed by atoms with Crippen molar-refractivity contribution >= 4 is 39.9 Å². The van der Waals surface area contributed by atoms with Gasteiger partial charge in [-0.05, 0) is 43.3 Å². The lowest BCUT2D eigenvalue weighted by Gasteiger charge is -2.09. The highest BCUT2D eigenvalue weighted by Gasteiger charge is 2.15. The van der Waals surface area contributed by atoms with Crippen LogP contribution in [0.1, 0.15) is 22.8 Å². The summed E-state index contributed by atoms with van der Waals surface area (Å²) in [4.78, 5) is 31.6. The van der Waals surface area contributed by atoms with Gasteiger partial charge in [0.2, 0.25) is 0 Å². The Hall–Kier alpha value is -3.28. The van der Waals surface area contributed by atoms with Crippen molar-refractivity contribution in [2.75, 3.05) is 7.11 Å². The minimum absolute atomic E-state index is 0.0774. The number of ketones is 1. The number of carboxylic acids is 1. The maximum Gasteiger partial charge on any atom is 0.337 e. The van der Waals surface area contributed by atoms with Gasteiger partial charge in [-0.1, -0.05) is 6.07 Å². The lowest BCUT2D eigenvalue weighted by Crippen LogP contribution is -2.01. The van der Waals surface area contributed by atoms with Crippen molar-refractivity contribution in [1.82, 2.24) is 9.97 Å². The van der Waals surface area contributed by atoms with Crippen LogP contribution in [-0.2, 0) is 4.79 Å². The van der Waals surface area contributed by atoms with Crippen molar-refractivity contribution in [3.8, 4) is 5.75 Å². The Balaban J connectivity index is 2.39. The second-order valence-electron chi connectivity index (χ2n) is 5.20. The summed E-state index contributed by atoms with van der Waals surface area (Å²) in [6.45, 7) is 1.46. The molecule has 0 aliphatic carbocycles. The average molecular weight is 322 g/mol. The lowest BCUT2D eigenvalue weighted by molar-refractivity contribution is -0.112. The molecule has 0 spiro atoms. The monoisotopic (exact) mass is 322 g/mol. The third-order valence-electron chi connectivity index (χ3n) is 3.56. The Morgan fingerprint density at radius 1 is 1.08 bits per heavy atom. The van der Waals surface area contributed by atoms with E-state index in [0.717, 1.165) is 0 Å².